The Balaban J connectivity index is 2.08. The molecule has 2 rings (SSSR count). The molecule has 0 spiro atoms. The number of hydrogen-bond donors (Lipinski definition) is 1. The largest absolute Gasteiger partial charge is 0.381 e. The molecule has 2 fully saturated rings. The maximum atomic E-state index is 12.7. The third-order valence-electron chi connectivity index (χ3n) is 4.62. The maximum absolute atomic E-state index is 12.7. The van der Waals surface area contributed by atoms with Crippen LogP contribution < -0.4 is 5.32 Å². The van der Waals surface area contributed by atoms with E-state index in [1.54, 1.807) is 0 Å². The molecule has 0 aromatic carbocycles. The number of carbonyl (C=O) groups is 1. The van der Waals surface area contributed by atoms with Crippen LogP contribution in [0.5, 0.6) is 0 Å². The van der Waals surface area contributed by atoms with Gasteiger partial charge in [-0.3, -0.25) is 4.79 Å². The maximum Gasteiger partial charge on any atom is 0.240 e. The van der Waals surface area contributed by atoms with Gasteiger partial charge < -0.3 is 15.0 Å². The molecular formula is C15H28N2O2. The van der Waals surface area contributed by atoms with Crippen molar-refractivity contribution in [2.24, 2.45) is 5.92 Å². The molecule has 2 aliphatic rings. The average molecular weight is 268 g/mol. The minimum absolute atomic E-state index is 0.00807. The van der Waals surface area contributed by atoms with Gasteiger partial charge in [-0.2, -0.15) is 0 Å². The number of likely N-dealkylation sites (N-methyl/N-ethyl adjacent to an activating group) is 1. The second-order valence-corrected chi connectivity index (χ2v) is 6.58. The zero-order valence-electron chi connectivity index (χ0n) is 12.6. The number of nitrogens with one attached hydrogen (secondary N) is 1. The zero-order chi connectivity index (χ0) is 13.9. The van der Waals surface area contributed by atoms with Gasteiger partial charge in [0.15, 0.2) is 0 Å². The number of ether oxygens (including phenoxy) is 1. The van der Waals surface area contributed by atoms with Gasteiger partial charge in [0.2, 0.25) is 5.91 Å². The topological polar surface area (TPSA) is 41.6 Å². The second kappa shape index (κ2) is 6.23. The molecule has 2 unspecified atom stereocenters. The normalized spacial score (nSPS) is 32.2. The molecule has 2 saturated heterocycles. The molecule has 4 heteroatoms. The summed E-state index contributed by atoms with van der Waals surface area (Å²) in [6.07, 6.45) is 5.47. The summed E-state index contributed by atoms with van der Waals surface area (Å²) in [4.78, 5) is 14.8. The van der Waals surface area contributed by atoms with Crippen LogP contribution in [0.1, 0.15) is 46.0 Å². The SMILES string of the molecule is CNC1CCCC(C)(C)N(CC2CCCOC2)C1=O. The molecule has 1 amide bonds. The lowest BCUT2D eigenvalue weighted by molar-refractivity contribution is -0.139. The van der Waals surface area contributed by atoms with Gasteiger partial charge in [0, 0.05) is 18.7 Å². The van der Waals surface area contributed by atoms with Crippen LogP contribution in [0.3, 0.4) is 0 Å². The highest BCUT2D eigenvalue weighted by atomic mass is 16.5. The van der Waals surface area contributed by atoms with E-state index in [4.69, 9.17) is 4.74 Å². The highest BCUT2D eigenvalue weighted by molar-refractivity contribution is 5.82. The van der Waals surface area contributed by atoms with Gasteiger partial charge in [-0.25, -0.2) is 0 Å². The van der Waals surface area contributed by atoms with E-state index in [1.807, 2.05) is 7.05 Å². The zero-order valence-corrected chi connectivity index (χ0v) is 12.6. The van der Waals surface area contributed by atoms with Crippen LogP contribution in [0.2, 0.25) is 0 Å². The number of nitrogens with zero attached hydrogens (tertiary/aromatic N) is 1. The Morgan fingerprint density at radius 2 is 2.16 bits per heavy atom. The van der Waals surface area contributed by atoms with Crippen LogP contribution >= 0.6 is 0 Å². The molecule has 0 aromatic heterocycles. The van der Waals surface area contributed by atoms with Gasteiger partial charge in [-0.15, -0.1) is 0 Å². The van der Waals surface area contributed by atoms with Gasteiger partial charge in [0.25, 0.3) is 0 Å². The summed E-state index contributed by atoms with van der Waals surface area (Å²) in [5.41, 5.74) is -0.0276. The van der Waals surface area contributed by atoms with Crippen LogP contribution in [-0.4, -0.2) is 49.2 Å². The van der Waals surface area contributed by atoms with Gasteiger partial charge in [-0.05, 0) is 58.9 Å². The summed E-state index contributed by atoms with van der Waals surface area (Å²) >= 11 is 0. The summed E-state index contributed by atoms with van der Waals surface area (Å²) < 4.78 is 5.56. The first-order chi connectivity index (χ1) is 9.04. The molecule has 0 saturated carbocycles. The van der Waals surface area contributed by atoms with E-state index < -0.39 is 0 Å². The number of likely N-dealkylation sites (tertiary alicyclic amines) is 1. The Morgan fingerprint density at radius 3 is 2.79 bits per heavy atom. The lowest BCUT2D eigenvalue weighted by atomic mass is 9.94. The Labute approximate surface area is 116 Å². The first-order valence-corrected chi connectivity index (χ1v) is 7.61. The number of hydrogen-bond acceptors (Lipinski definition) is 3. The van der Waals surface area contributed by atoms with Gasteiger partial charge in [0.1, 0.15) is 0 Å². The minimum atomic E-state index is -0.0276. The van der Waals surface area contributed by atoms with E-state index in [9.17, 15) is 4.79 Å². The molecule has 2 atom stereocenters. The van der Waals surface area contributed by atoms with E-state index >= 15 is 0 Å². The third kappa shape index (κ3) is 3.48. The van der Waals surface area contributed by atoms with Crippen molar-refractivity contribution in [1.29, 1.82) is 0 Å². The first kappa shape index (κ1) is 14.8. The summed E-state index contributed by atoms with van der Waals surface area (Å²) in [6, 6.07) is -0.00807. The van der Waals surface area contributed by atoms with Crippen LogP contribution in [0.4, 0.5) is 0 Å². The van der Waals surface area contributed by atoms with E-state index in [2.05, 4.69) is 24.1 Å². The van der Waals surface area contributed by atoms with Crippen LogP contribution in [0.25, 0.3) is 0 Å². The Bertz CT molecular complexity index is 311. The molecule has 2 aliphatic heterocycles. The molecule has 110 valence electrons. The molecule has 19 heavy (non-hydrogen) atoms. The van der Waals surface area contributed by atoms with E-state index in [-0.39, 0.29) is 17.5 Å². The first-order valence-electron chi connectivity index (χ1n) is 7.61. The quantitative estimate of drug-likeness (QED) is 0.848. The van der Waals surface area contributed by atoms with Gasteiger partial charge in [-0.1, -0.05) is 0 Å². The van der Waals surface area contributed by atoms with E-state index in [0.29, 0.717) is 5.92 Å². The average Bonchev–Trinajstić information content (AvgIpc) is 2.50. The predicted octanol–water partition coefficient (Wildman–Crippen LogP) is 1.79. The lowest BCUT2D eigenvalue weighted by Gasteiger charge is -2.41. The molecule has 2 heterocycles. The smallest absolute Gasteiger partial charge is 0.240 e. The van der Waals surface area contributed by atoms with E-state index in [1.165, 1.54) is 6.42 Å². The van der Waals surface area contributed by atoms with Crippen molar-refractivity contribution in [3.8, 4) is 0 Å². The van der Waals surface area contributed by atoms with Crippen molar-refractivity contribution in [2.75, 3.05) is 26.8 Å². The molecule has 1 N–H and O–H groups in total. The van der Waals surface area contributed by atoms with Gasteiger partial charge in [0.05, 0.1) is 12.6 Å². The highest BCUT2D eigenvalue weighted by Gasteiger charge is 2.38. The van der Waals surface area contributed by atoms with Crippen molar-refractivity contribution in [3.63, 3.8) is 0 Å². The van der Waals surface area contributed by atoms with E-state index in [0.717, 1.165) is 45.4 Å². The monoisotopic (exact) mass is 268 g/mol. The molecular weight excluding hydrogens is 240 g/mol. The fraction of sp³-hybridized carbons (Fsp3) is 0.933. The summed E-state index contributed by atoms with van der Waals surface area (Å²) in [5.74, 6) is 0.781. The second-order valence-electron chi connectivity index (χ2n) is 6.58. The number of rotatable bonds is 3. The minimum Gasteiger partial charge on any atom is -0.381 e. The fourth-order valence-corrected chi connectivity index (χ4v) is 3.30. The van der Waals surface area contributed by atoms with Crippen LogP contribution in [0.15, 0.2) is 0 Å². The third-order valence-corrected chi connectivity index (χ3v) is 4.62. The molecule has 4 nitrogen and oxygen atoms in total. The van der Waals surface area contributed by atoms with Crippen molar-refractivity contribution < 1.29 is 9.53 Å². The van der Waals surface area contributed by atoms with Crippen molar-refractivity contribution in [1.82, 2.24) is 10.2 Å². The van der Waals surface area contributed by atoms with Crippen molar-refractivity contribution >= 4 is 5.91 Å². The molecule has 0 aliphatic carbocycles. The highest BCUT2D eigenvalue weighted by Crippen LogP contribution is 2.29. The number of amides is 1. The summed E-state index contributed by atoms with van der Waals surface area (Å²) in [5, 5.41) is 3.18. The Hall–Kier alpha value is -0.610. The van der Waals surface area contributed by atoms with Crippen molar-refractivity contribution in [3.05, 3.63) is 0 Å². The standard InChI is InChI=1S/C15H28N2O2/c1-15(2)8-4-7-13(16-3)14(18)17(15)10-12-6-5-9-19-11-12/h12-13,16H,4-11H2,1-3H3. The van der Waals surface area contributed by atoms with Crippen LogP contribution in [0, 0.1) is 5.92 Å². The molecule has 0 bridgehead atoms. The molecule has 0 radical (unpaired) electrons. The summed E-state index contributed by atoms with van der Waals surface area (Å²) in [6.45, 7) is 6.94. The Kier molecular flexibility index (Phi) is 4.85. The fourth-order valence-electron chi connectivity index (χ4n) is 3.30. The molecule has 0 aromatic rings. The van der Waals surface area contributed by atoms with Gasteiger partial charge >= 0.3 is 0 Å². The van der Waals surface area contributed by atoms with Crippen molar-refractivity contribution in [2.45, 2.75) is 57.5 Å². The summed E-state index contributed by atoms with van der Waals surface area (Å²) in [7, 11) is 1.89. The number of carbonyl (C=O) groups excluding carboxylic acids is 1. The lowest BCUT2D eigenvalue weighted by Crippen LogP contribution is -2.54. The van der Waals surface area contributed by atoms with Crippen LogP contribution in [-0.2, 0) is 9.53 Å². The Morgan fingerprint density at radius 1 is 1.37 bits per heavy atom. The predicted molar refractivity (Wildman–Crippen MR) is 76.0 cm³/mol.